The van der Waals surface area contributed by atoms with Crippen LogP contribution in [0.5, 0.6) is 0 Å². The van der Waals surface area contributed by atoms with Gasteiger partial charge in [-0.1, -0.05) is 0 Å². The maximum atomic E-state index is 12.2. The number of esters is 1. The van der Waals surface area contributed by atoms with Gasteiger partial charge in [-0.05, 0) is 51.7 Å². The van der Waals surface area contributed by atoms with Gasteiger partial charge in [-0.25, -0.2) is 4.79 Å². The summed E-state index contributed by atoms with van der Waals surface area (Å²) in [5, 5.41) is 1.81. The monoisotopic (exact) mass is 371 g/mol. The number of hydrogen-bond donors (Lipinski definition) is 0. The first-order valence-corrected chi connectivity index (χ1v) is 9.28. The van der Waals surface area contributed by atoms with Gasteiger partial charge in [0.1, 0.15) is 11.2 Å². The number of hydrogen-bond acceptors (Lipinski definition) is 7. The van der Waals surface area contributed by atoms with Crippen molar-refractivity contribution >= 4 is 41.3 Å². The minimum Gasteiger partial charge on any atom is -0.465 e. The summed E-state index contributed by atoms with van der Waals surface area (Å²) in [5.74, 6) is -0.973. The molecule has 0 aliphatic heterocycles. The molecule has 1 aromatic rings. The van der Waals surface area contributed by atoms with Gasteiger partial charge in [0.2, 0.25) is 0 Å². The second-order valence-corrected chi connectivity index (χ2v) is 7.34. The van der Waals surface area contributed by atoms with Crippen LogP contribution < -0.4 is 4.84 Å². The van der Waals surface area contributed by atoms with Crippen molar-refractivity contribution in [3.63, 3.8) is 0 Å². The number of nitrogens with zero attached hydrogens (tertiary/aromatic N) is 1. The van der Waals surface area contributed by atoms with Crippen LogP contribution in [0.15, 0.2) is 5.38 Å². The SMILES string of the molecule is CCOC(=O)C1(CCCC(=O)On2c(C)csc2=S)CCCC1=O. The van der Waals surface area contributed by atoms with Crippen LogP contribution in [0.2, 0.25) is 0 Å². The predicted octanol–water partition coefficient (Wildman–Crippen LogP) is 3.02. The van der Waals surface area contributed by atoms with E-state index in [9.17, 15) is 14.4 Å². The van der Waals surface area contributed by atoms with Crippen molar-refractivity contribution < 1.29 is 24.0 Å². The van der Waals surface area contributed by atoms with Crippen molar-refractivity contribution in [1.82, 2.24) is 4.73 Å². The van der Waals surface area contributed by atoms with E-state index < -0.39 is 17.4 Å². The minimum atomic E-state index is -1.08. The summed E-state index contributed by atoms with van der Waals surface area (Å²) in [7, 11) is 0. The molecule has 1 aliphatic carbocycles. The first kappa shape index (κ1) is 18.8. The molecule has 0 amide bonds. The molecule has 1 saturated carbocycles. The molecule has 1 unspecified atom stereocenters. The largest absolute Gasteiger partial charge is 0.465 e. The molecule has 1 atom stereocenters. The average Bonchev–Trinajstić information content (AvgIpc) is 3.06. The number of ether oxygens (including phenoxy) is 1. The van der Waals surface area contributed by atoms with Crippen molar-refractivity contribution in [3.05, 3.63) is 15.0 Å². The Labute approximate surface area is 149 Å². The third-order valence-corrected chi connectivity index (χ3v) is 5.48. The molecule has 1 heterocycles. The number of Topliss-reactive ketones (excluding diaryl/α,β-unsaturated/α-hetero) is 1. The molecule has 0 spiro atoms. The Bertz CT molecular complexity index is 693. The molecule has 0 radical (unpaired) electrons. The zero-order chi connectivity index (χ0) is 17.7. The first-order valence-electron chi connectivity index (χ1n) is 7.99. The molecule has 1 aliphatic rings. The number of ketones is 1. The molecule has 24 heavy (non-hydrogen) atoms. The highest BCUT2D eigenvalue weighted by molar-refractivity contribution is 7.73. The van der Waals surface area contributed by atoms with E-state index in [1.807, 2.05) is 5.38 Å². The fourth-order valence-corrected chi connectivity index (χ4v) is 3.92. The van der Waals surface area contributed by atoms with Gasteiger partial charge in [-0.15, -0.1) is 11.3 Å². The average molecular weight is 371 g/mol. The summed E-state index contributed by atoms with van der Waals surface area (Å²) >= 11 is 6.41. The molecule has 132 valence electrons. The molecule has 8 heteroatoms. The minimum absolute atomic E-state index is 0.0785. The lowest BCUT2D eigenvalue weighted by atomic mass is 9.80. The number of carbonyl (C=O) groups excluding carboxylic acids is 3. The third kappa shape index (κ3) is 3.92. The standard InChI is InChI=1S/C16H21NO5S2/c1-3-21-14(20)16(8-4-6-12(16)18)9-5-7-13(19)22-17-11(2)10-24-15(17)23/h10H,3-9H2,1-2H3. The zero-order valence-corrected chi connectivity index (χ0v) is 15.5. The number of aryl methyl sites for hydroxylation is 1. The fraction of sp³-hybridized carbons (Fsp3) is 0.625. The van der Waals surface area contributed by atoms with Gasteiger partial charge in [0.25, 0.3) is 0 Å². The van der Waals surface area contributed by atoms with Crippen molar-refractivity contribution in [3.8, 4) is 0 Å². The lowest BCUT2D eigenvalue weighted by Crippen LogP contribution is -2.37. The van der Waals surface area contributed by atoms with E-state index in [1.165, 1.54) is 16.1 Å². The number of aromatic nitrogens is 1. The van der Waals surface area contributed by atoms with Crippen LogP contribution in [0.3, 0.4) is 0 Å². The van der Waals surface area contributed by atoms with E-state index >= 15 is 0 Å². The van der Waals surface area contributed by atoms with Gasteiger partial charge in [0, 0.05) is 18.2 Å². The molecule has 6 nitrogen and oxygen atoms in total. The van der Waals surface area contributed by atoms with Gasteiger partial charge >= 0.3 is 11.9 Å². The summed E-state index contributed by atoms with van der Waals surface area (Å²) in [6, 6.07) is 0. The third-order valence-electron chi connectivity index (χ3n) is 4.20. The maximum absolute atomic E-state index is 12.2. The molecule has 0 N–H and O–H groups in total. The normalized spacial score (nSPS) is 20.2. The van der Waals surface area contributed by atoms with Gasteiger partial charge in [0.15, 0.2) is 3.95 Å². The number of carbonyl (C=O) groups is 3. The van der Waals surface area contributed by atoms with Crippen LogP contribution in [-0.4, -0.2) is 29.1 Å². The second kappa shape index (κ2) is 8.02. The summed E-state index contributed by atoms with van der Waals surface area (Å²) in [4.78, 5) is 41.6. The maximum Gasteiger partial charge on any atom is 0.332 e. The second-order valence-electron chi connectivity index (χ2n) is 5.83. The predicted molar refractivity (Wildman–Crippen MR) is 91.2 cm³/mol. The van der Waals surface area contributed by atoms with E-state index in [1.54, 1.807) is 13.8 Å². The van der Waals surface area contributed by atoms with Crippen LogP contribution in [0, 0.1) is 16.3 Å². The van der Waals surface area contributed by atoms with Gasteiger partial charge < -0.3 is 9.57 Å². The molecular formula is C16H21NO5S2. The van der Waals surface area contributed by atoms with E-state index in [0.29, 0.717) is 36.1 Å². The molecule has 0 saturated heterocycles. The summed E-state index contributed by atoms with van der Waals surface area (Å²) in [6.45, 7) is 3.76. The quantitative estimate of drug-likeness (QED) is 0.417. The highest BCUT2D eigenvalue weighted by Crippen LogP contribution is 2.40. The van der Waals surface area contributed by atoms with Crippen LogP contribution in [0.4, 0.5) is 0 Å². The number of thiazole rings is 1. The molecule has 1 fully saturated rings. The van der Waals surface area contributed by atoms with Crippen LogP contribution >= 0.6 is 23.6 Å². The summed E-state index contributed by atoms with van der Waals surface area (Å²) < 4.78 is 6.87. The smallest absolute Gasteiger partial charge is 0.332 e. The van der Waals surface area contributed by atoms with Crippen molar-refractivity contribution in [2.75, 3.05) is 6.61 Å². The Morgan fingerprint density at radius 2 is 2.21 bits per heavy atom. The summed E-state index contributed by atoms with van der Waals surface area (Å²) in [5.41, 5.74) is -0.322. The highest BCUT2D eigenvalue weighted by Gasteiger charge is 2.49. The van der Waals surface area contributed by atoms with Crippen molar-refractivity contribution in [2.45, 2.75) is 52.4 Å². The van der Waals surface area contributed by atoms with Crippen LogP contribution in [0.25, 0.3) is 0 Å². The van der Waals surface area contributed by atoms with Crippen LogP contribution in [-0.2, 0) is 19.1 Å². The van der Waals surface area contributed by atoms with Crippen LogP contribution in [0.1, 0.15) is 51.1 Å². The fourth-order valence-electron chi connectivity index (χ4n) is 2.95. The Morgan fingerprint density at radius 1 is 1.46 bits per heavy atom. The van der Waals surface area contributed by atoms with Crippen molar-refractivity contribution in [1.29, 1.82) is 0 Å². The molecule has 0 aromatic carbocycles. The lowest BCUT2D eigenvalue weighted by Gasteiger charge is -2.24. The number of rotatable bonds is 7. The van der Waals surface area contributed by atoms with E-state index in [4.69, 9.17) is 21.8 Å². The Kier molecular flexibility index (Phi) is 6.28. The molecular weight excluding hydrogens is 350 g/mol. The molecule has 0 bridgehead atoms. The topological polar surface area (TPSA) is 74.6 Å². The Morgan fingerprint density at radius 3 is 2.75 bits per heavy atom. The highest BCUT2D eigenvalue weighted by atomic mass is 32.1. The molecule has 2 rings (SSSR count). The molecule has 1 aromatic heterocycles. The van der Waals surface area contributed by atoms with Gasteiger partial charge in [0.05, 0.1) is 12.3 Å². The Hall–Kier alpha value is -1.54. The summed E-state index contributed by atoms with van der Waals surface area (Å²) in [6.07, 6.45) is 2.39. The van der Waals surface area contributed by atoms with Gasteiger partial charge in [-0.3, -0.25) is 9.59 Å². The first-order chi connectivity index (χ1) is 11.4. The Balaban J connectivity index is 1.93. The van der Waals surface area contributed by atoms with Gasteiger partial charge in [-0.2, -0.15) is 4.73 Å². The van der Waals surface area contributed by atoms with E-state index in [2.05, 4.69) is 0 Å². The van der Waals surface area contributed by atoms with Crippen molar-refractivity contribution in [2.24, 2.45) is 5.41 Å². The zero-order valence-electron chi connectivity index (χ0n) is 13.8. The lowest BCUT2D eigenvalue weighted by molar-refractivity contribution is -0.160. The van der Waals surface area contributed by atoms with E-state index in [0.717, 1.165) is 5.69 Å². The van der Waals surface area contributed by atoms with E-state index in [-0.39, 0.29) is 18.8 Å².